The molecule has 0 fully saturated rings. The fraction of sp³-hybridized carbons (Fsp3) is 0.0345. The van der Waals surface area contributed by atoms with Crippen molar-refractivity contribution in [2.45, 2.75) is 11.8 Å². The van der Waals surface area contributed by atoms with Crippen molar-refractivity contribution in [1.82, 2.24) is 24.9 Å². The summed E-state index contributed by atoms with van der Waals surface area (Å²) in [6.07, 6.45) is 3.77. The minimum atomic E-state index is 0.127. The molecule has 298 valence electrons. The molecule has 2 aromatic heterocycles. The highest BCUT2D eigenvalue weighted by Crippen LogP contribution is 2.56. The maximum absolute atomic E-state index is 7.34. The molecule has 64 heavy (non-hydrogen) atoms. The summed E-state index contributed by atoms with van der Waals surface area (Å²) in [7, 11) is 0. The number of aromatic nitrogens is 5. The highest BCUT2D eigenvalue weighted by molar-refractivity contribution is 5.78. The lowest BCUT2D eigenvalue weighted by Crippen LogP contribution is -2.27. The third-order valence-corrected chi connectivity index (χ3v) is 12.6. The molecule has 2 unspecified atom stereocenters. The molecule has 0 aliphatic heterocycles. The van der Waals surface area contributed by atoms with Crippen LogP contribution in [0.4, 0.5) is 5.69 Å². The first-order valence-corrected chi connectivity index (χ1v) is 21.4. The maximum Gasteiger partial charge on any atom is 0.187 e. The van der Waals surface area contributed by atoms with Gasteiger partial charge in [-0.15, -0.1) is 0 Å². The van der Waals surface area contributed by atoms with Crippen molar-refractivity contribution in [2.75, 3.05) is 0 Å². The highest BCUT2D eigenvalue weighted by Gasteiger charge is 2.41. The van der Waals surface area contributed by atoms with Crippen molar-refractivity contribution in [3.05, 3.63) is 251 Å². The van der Waals surface area contributed by atoms with Gasteiger partial charge >= 0.3 is 0 Å². The van der Waals surface area contributed by atoms with Gasteiger partial charge in [0.2, 0.25) is 0 Å². The number of hydrogen-bond acceptors (Lipinski definition) is 5. The summed E-state index contributed by atoms with van der Waals surface area (Å²) in [5.41, 5.74) is 19.7. The molecule has 0 spiro atoms. The Hall–Kier alpha value is -8.66. The van der Waals surface area contributed by atoms with E-state index in [1.54, 1.807) is 0 Å². The minimum absolute atomic E-state index is 0.127. The largest absolute Gasteiger partial charge is 0.252 e. The van der Waals surface area contributed by atoms with Crippen molar-refractivity contribution in [1.29, 1.82) is 0 Å². The van der Waals surface area contributed by atoms with Gasteiger partial charge in [0.05, 0.1) is 30.4 Å². The lowest BCUT2D eigenvalue weighted by Gasteiger charge is -2.42. The average Bonchev–Trinajstić information content (AvgIpc) is 3.38. The molecule has 2 heterocycles. The summed E-state index contributed by atoms with van der Waals surface area (Å²) in [6.45, 7) is 7.34. The van der Waals surface area contributed by atoms with E-state index in [-0.39, 0.29) is 11.8 Å². The normalized spacial score (nSPS) is 14.2. The van der Waals surface area contributed by atoms with Crippen LogP contribution in [0.25, 0.3) is 83.8 Å². The Balaban J connectivity index is 0.878. The van der Waals surface area contributed by atoms with E-state index < -0.39 is 0 Å². The van der Waals surface area contributed by atoms with Gasteiger partial charge in [0.25, 0.3) is 0 Å². The number of rotatable bonds is 7. The van der Waals surface area contributed by atoms with Gasteiger partial charge in [0, 0.05) is 39.7 Å². The van der Waals surface area contributed by atoms with Crippen molar-refractivity contribution in [3.8, 4) is 78.9 Å². The Bertz CT molecular complexity index is 3430. The minimum Gasteiger partial charge on any atom is -0.252 e. The standard InChI is InChI=1S/C58H36N6/c1-59-45-27-23-37(24-28-45)41-15-10-16-44(31-41)58-63-56(39-13-6-3-7-14-39)62-57(64-58)40-21-19-36(20-22-40)42-25-29-48-50(32-42)54-46-17-8-9-18-47(46)55(48)51-33-43(26-30-49(51)54)53-35-60-52(34-61-53)38-11-4-2-5-12-38/h2-35,54-55H. The summed E-state index contributed by atoms with van der Waals surface area (Å²) in [5, 5.41) is 0. The Morgan fingerprint density at radius 1 is 0.312 bits per heavy atom. The molecule has 3 aliphatic rings. The van der Waals surface area contributed by atoms with E-state index in [0.717, 1.165) is 55.9 Å². The number of nitrogens with zero attached hydrogens (tertiary/aromatic N) is 6. The Labute approximate surface area is 371 Å². The topological polar surface area (TPSA) is 68.8 Å². The van der Waals surface area contributed by atoms with Crippen molar-refractivity contribution < 1.29 is 0 Å². The average molecular weight is 817 g/mol. The van der Waals surface area contributed by atoms with Crippen LogP contribution >= 0.6 is 0 Å². The third kappa shape index (κ3) is 6.47. The predicted octanol–water partition coefficient (Wildman–Crippen LogP) is 13.9. The maximum atomic E-state index is 7.34. The second-order valence-electron chi connectivity index (χ2n) is 16.3. The van der Waals surface area contributed by atoms with Crippen LogP contribution in [0.2, 0.25) is 0 Å². The van der Waals surface area contributed by atoms with Gasteiger partial charge in [-0.2, -0.15) is 0 Å². The molecule has 6 heteroatoms. The first kappa shape index (κ1) is 37.1. The van der Waals surface area contributed by atoms with Crippen LogP contribution in [-0.2, 0) is 0 Å². The Morgan fingerprint density at radius 3 is 1.31 bits per heavy atom. The van der Waals surface area contributed by atoms with Crippen molar-refractivity contribution >= 4 is 5.69 Å². The van der Waals surface area contributed by atoms with Gasteiger partial charge in [-0.3, -0.25) is 9.97 Å². The second kappa shape index (κ2) is 15.4. The highest BCUT2D eigenvalue weighted by atomic mass is 15.0. The lowest BCUT2D eigenvalue weighted by atomic mass is 9.60. The summed E-state index contributed by atoms with van der Waals surface area (Å²) in [5.74, 6) is 2.07. The summed E-state index contributed by atoms with van der Waals surface area (Å²) >= 11 is 0. The van der Waals surface area contributed by atoms with Crippen LogP contribution in [0.5, 0.6) is 0 Å². The van der Waals surface area contributed by atoms with Crippen LogP contribution in [0.3, 0.4) is 0 Å². The molecular formula is C58H36N6. The molecule has 2 atom stereocenters. The summed E-state index contributed by atoms with van der Waals surface area (Å²) in [6, 6.07) is 67.5. The predicted molar refractivity (Wildman–Crippen MR) is 255 cm³/mol. The fourth-order valence-electron chi connectivity index (χ4n) is 9.52. The molecule has 10 aromatic rings. The lowest BCUT2D eigenvalue weighted by molar-refractivity contribution is 0.755. The zero-order valence-electron chi connectivity index (χ0n) is 34.5. The van der Waals surface area contributed by atoms with Crippen LogP contribution < -0.4 is 0 Å². The van der Waals surface area contributed by atoms with Gasteiger partial charge in [-0.1, -0.05) is 176 Å². The van der Waals surface area contributed by atoms with Gasteiger partial charge < -0.3 is 0 Å². The molecular weight excluding hydrogens is 781 g/mol. The van der Waals surface area contributed by atoms with Crippen molar-refractivity contribution in [2.24, 2.45) is 0 Å². The van der Waals surface area contributed by atoms with E-state index in [9.17, 15) is 0 Å². The Kier molecular flexibility index (Phi) is 8.91. The van der Waals surface area contributed by atoms with Crippen LogP contribution in [-0.4, -0.2) is 24.9 Å². The zero-order chi connectivity index (χ0) is 42.6. The molecule has 3 aliphatic carbocycles. The first-order chi connectivity index (χ1) is 31.6. The fourth-order valence-corrected chi connectivity index (χ4v) is 9.52. The smallest absolute Gasteiger partial charge is 0.187 e. The van der Waals surface area contributed by atoms with Gasteiger partial charge in [0.15, 0.2) is 23.2 Å². The molecule has 0 saturated heterocycles. The van der Waals surface area contributed by atoms with Gasteiger partial charge in [-0.05, 0) is 73.8 Å². The SMILES string of the molecule is [C-]#[N+]c1ccc(-c2cccc(-c3nc(-c4ccccc4)nc(-c4ccc(-c5ccc6c(c5)C5c7ccccc7C6c6cc(-c7cnc(-c8ccccc8)cn7)ccc65)cc4)n3)c2)cc1. The van der Waals surface area contributed by atoms with Crippen molar-refractivity contribution in [3.63, 3.8) is 0 Å². The molecule has 6 nitrogen and oxygen atoms in total. The van der Waals surface area contributed by atoms with Crippen LogP contribution in [0.1, 0.15) is 45.2 Å². The molecule has 0 saturated carbocycles. The molecule has 2 bridgehead atoms. The second-order valence-corrected chi connectivity index (χ2v) is 16.3. The van der Waals surface area contributed by atoms with Crippen LogP contribution in [0.15, 0.2) is 207 Å². The monoisotopic (exact) mass is 816 g/mol. The van der Waals surface area contributed by atoms with E-state index in [1.807, 2.05) is 97.3 Å². The number of hydrogen-bond donors (Lipinski definition) is 0. The van der Waals surface area contributed by atoms with E-state index in [4.69, 9.17) is 31.5 Å². The Morgan fingerprint density at radius 2 is 0.719 bits per heavy atom. The summed E-state index contributed by atoms with van der Waals surface area (Å²) in [4.78, 5) is 28.3. The molecule has 0 radical (unpaired) electrons. The van der Waals surface area contributed by atoms with E-state index in [2.05, 4.69) is 114 Å². The number of benzene rings is 8. The van der Waals surface area contributed by atoms with Gasteiger partial charge in [0.1, 0.15) is 0 Å². The summed E-state index contributed by atoms with van der Waals surface area (Å²) < 4.78 is 0. The van der Waals surface area contributed by atoms with Gasteiger partial charge in [-0.25, -0.2) is 19.8 Å². The molecule has 0 N–H and O–H groups in total. The first-order valence-electron chi connectivity index (χ1n) is 21.4. The molecule has 8 aromatic carbocycles. The van der Waals surface area contributed by atoms with E-state index >= 15 is 0 Å². The zero-order valence-corrected chi connectivity index (χ0v) is 34.5. The van der Waals surface area contributed by atoms with E-state index in [0.29, 0.717) is 23.2 Å². The van der Waals surface area contributed by atoms with Crippen LogP contribution in [0, 0.1) is 6.57 Å². The molecule has 13 rings (SSSR count). The van der Waals surface area contributed by atoms with E-state index in [1.165, 1.54) is 38.9 Å². The third-order valence-electron chi connectivity index (χ3n) is 12.6. The quantitative estimate of drug-likeness (QED) is 0.150. The molecule has 0 amide bonds.